The molecule has 0 atom stereocenters. The van der Waals surface area contributed by atoms with Gasteiger partial charge < -0.3 is 14.2 Å². The molecule has 0 N–H and O–H groups in total. The van der Waals surface area contributed by atoms with Crippen molar-refractivity contribution >= 4 is 11.5 Å². The smallest absolute Gasteiger partial charge is 0.330 e. The van der Waals surface area contributed by atoms with Crippen molar-refractivity contribution in [3.05, 3.63) is 29.8 Å². The number of hydrogen-bond acceptors (Lipinski definition) is 4. The molecule has 0 aliphatic rings. The first-order valence-electron chi connectivity index (χ1n) is 5.11. The van der Waals surface area contributed by atoms with Crippen LogP contribution in [-0.4, -0.2) is 27.3 Å². The van der Waals surface area contributed by atoms with Crippen LogP contribution in [0.4, 0.5) is 0 Å². The Labute approximate surface area is 101 Å². The van der Waals surface area contributed by atoms with Gasteiger partial charge in [0.05, 0.1) is 21.3 Å². The van der Waals surface area contributed by atoms with E-state index in [-0.39, 0.29) is 0 Å². The zero-order chi connectivity index (χ0) is 12.8. The maximum atomic E-state index is 11.2. The van der Waals surface area contributed by atoms with Gasteiger partial charge in [0.1, 0.15) is 11.5 Å². The number of ether oxygens (including phenoxy) is 3. The molecule has 0 bridgehead atoms. The van der Waals surface area contributed by atoms with Crippen molar-refractivity contribution < 1.29 is 19.0 Å². The van der Waals surface area contributed by atoms with Gasteiger partial charge in [0, 0.05) is 11.6 Å². The van der Waals surface area contributed by atoms with Gasteiger partial charge in [-0.2, -0.15) is 0 Å². The summed E-state index contributed by atoms with van der Waals surface area (Å²) in [7, 11) is 4.51. The Morgan fingerprint density at radius 2 is 1.88 bits per heavy atom. The number of carbonyl (C=O) groups is 1. The molecule has 0 radical (unpaired) electrons. The van der Waals surface area contributed by atoms with Crippen LogP contribution in [0.5, 0.6) is 11.5 Å². The van der Waals surface area contributed by atoms with Crippen LogP contribution in [0.1, 0.15) is 12.5 Å². The van der Waals surface area contributed by atoms with E-state index in [4.69, 9.17) is 9.47 Å². The van der Waals surface area contributed by atoms with Crippen molar-refractivity contribution in [2.75, 3.05) is 21.3 Å². The molecule has 0 amide bonds. The summed E-state index contributed by atoms with van der Waals surface area (Å²) in [6.45, 7) is 1.81. The highest BCUT2D eigenvalue weighted by atomic mass is 16.5. The fraction of sp³-hybridized carbons (Fsp3) is 0.308. The van der Waals surface area contributed by atoms with E-state index in [1.807, 2.05) is 13.0 Å². The second-order valence-electron chi connectivity index (χ2n) is 3.42. The van der Waals surface area contributed by atoms with Gasteiger partial charge in [-0.05, 0) is 30.7 Å². The molecule has 0 fully saturated rings. The summed E-state index contributed by atoms with van der Waals surface area (Å²) in [5.41, 5.74) is 1.56. The molecule has 0 spiro atoms. The topological polar surface area (TPSA) is 44.8 Å². The van der Waals surface area contributed by atoms with E-state index >= 15 is 0 Å². The standard InChI is InChI=1S/C13H16O4/c1-9(7-13(14)17-4)11-8-10(15-2)5-6-12(11)16-3/h5-8H,1-4H3/b9-7+. The average molecular weight is 236 g/mol. The lowest BCUT2D eigenvalue weighted by Gasteiger charge is -2.10. The Morgan fingerprint density at radius 1 is 1.18 bits per heavy atom. The Morgan fingerprint density at radius 3 is 2.41 bits per heavy atom. The van der Waals surface area contributed by atoms with Crippen LogP contribution in [0.25, 0.3) is 5.57 Å². The van der Waals surface area contributed by atoms with Gasteiger partial charge in [-0.1, -0.05) is 0 Å². The predicted octanol–water partition coefficient (Wildman–Crippen LogP) is 2.28. The molecule has 0 aliphatic carbocycles. The van der Waals surface area contributed by atoms with Gasteiger partial charge in [-0.25, -0.2) is 4.79 Å². The number of hydrogen-bond donors (Lipinski definition) is 0. The summed E-state index contributed by atoms with van der Waals surface area (Å²) in [6, 6.07) is 5.41. The second kappa shape index (κ2) is 5.94. The fourth-order valence-corrected chi connectivity index (χ4v) is 1.44. The first kappa shape index (κ1) is 13.1. The summed E-state index contributed by atoms with van der Waals surface area (Å²) in [5.74, 6) is 0.995. The molecule has 0 unspecified atom stereocenters. The largest absolute Gasteiger partial charge is 0.497 e. The van der Waals surface area contributed by atoms with Crippen molar-refractivity contribution in [1.82, 2.24) is 0 Å². The summed E-state index contributed by atoms with van der Waals surface area (Å²) in [5, 5.41) is 0. The zero-order valence-electron chi connectivity index (χ0n) is 10.4. The van der Waals surface area contributed by atoms with Gasteiger partial charge >= 0.3 is 5.97 Å². The molecule has 92 valence electrons. The minimum Gasteiger partial charge on any atom is -0.497 e. The van der Waals surface area contributed by atoms with Gasteiger partial charge in [0.25, 0.3) is 0 Å². The highest BCUT2D eigenvalue weighted by Crippen LogP contribution is 2.29. The third kappa shape index (κ3) is 3.24. The van der Waals surface area contributed by atoms with Crippen LogP contribution in [0, 0.1) is 0 Å². The van der Waals surface area contributed by atoms with Crippen LogP contribution in [0.15, 0.2) is 24.3 Å². The Kier molecular flexibility index (Phi) is 4.57. The molecule has 0 saturated heterocycles. The molecule has 4 heteroatoms. The van der Waals surface area contributed by atoms with E-state index in [9.17, 15) is 4.79 Å². The van der Waals surface area contributed by atoms with E-state index in [1.54, 1.807) is 26.4 Å². The first-order valence-corrected chi connectivity index (χ1v) is 5.11. The molecule has 0 aliphatic heterocycles. The highest BCUT2D eigenvalue weighted by Gasteiger charge is 2.08. The molecule has 1 aromatic rings. The Hall–Kier alpha value is -1.97. The number of benzene rings is 1. The van der Waals surface area contributed by atoms with Gasteiger partial charge in [-0.15, -0.1) is 0 Å². The highest BCUT2D eigenvalue weighted by molar-refractivity contribution is 5.91. The summed E-state index contributed by atoms with van der Waals surface area (Å²) in [4.78, 5) is 11.2. The maximum Gasteiger partial charge on any atom is 0.330 e. The van der Waals surface area contributed by atoms with Crippen molar-refractivity contribution in [3.63, 3.8) is 0 Å². The zero-order valence-corrected chi connectivity index (χ0v) is 10.4. The van der Waals surface area contributed by atoms with E-state index < -0.39 is 5.97 Å². The maximum absolute atomic E-state index is 11.2. The molecule has 0 saturated carbocycles. The van der Waals surface area contributed by atoms with Crippen molar-refractivity contribution in [2.45, 2.75) is 6.92 Å². The minimum atomic E-state index is -0.396. The number of methoxy groups -OCH3 is 3. The van der Waals surface area contributed by atoms with Crippen LogP contribution < -0.4 is 9.47 Å². The lowest BCUT2D eigenvalue weighted by Crippen LogP contribution is -1.97. The first-order chi connectivity index (χ1) is 8.12. The normalized spacial score (nSPS) is 10.9. The van der Waals surface area contributed by atoms with Crippen molar-refractivity contribution in [3.8, 4) is 11.5 Å². The van der Waals surface area contributed by atoms with Gasteiger partial charge in [0.2, 0.25) is 0 Å². The van der Waals surface area contributed by atoms with Gasteiger partial charge in [-0.3, -0.25) is 0 Å². The summed E-state index contributed by atoms with van der Waals surface area (Å²) >= 11 is 0. The molecule has 1 aromatic carbocycles. The Bertz CT molecular complexity index is 435. The lowest BCUT2D eigenvalue weighted by atomic mass is 10.1. The minimum absolute atomic E-state index is 0.396. The van der Waals surface area contributed by atoms with Crippen LogP contribution in [0.3, 0.4) is 0 Å². The monoisotopic (exact) mass is 236 g/mol. The molecule has 4 nitrogen and oxygen atoms in total. The van der Waals surface area contributed by atoms with E-state index in [0.29, 0.717) is 11.5 Å². The number of esters is 1. The molecular weight excluding hydrogens is 220 g/mol. The quantitative estimate of drug-likeness (QED) is 0.594. The number of rotatable bonds is 4. The second-order valence-corrected chi connectivity index (χ2v) is 3.42. The average Bonchev–Trinajstić information content (AvgIpc) is 2.37. The Balaban J connectivity index is 3.18. The third-order valence-corrected chi connectivity index (χ3v) is 2.37. The van der Waals surface area contributed by atoms with Crippen molar-refractivity contribution in [1.29, 1.82) is 0 Å². The summed E-state index contributed by atoms with van der Waals surface area (Å²) in [6.07, 6.45) is 1.41. The molecule has 1 rings (SSSR count). The fourth-order valence-electron chi connectivity index (χ4n) is 1.44. The van der Waals surface area contributed by atoms with E-state index in [2.05, 4.69) is 4.74 Å². The van der Waals surface area contributed by atoms with Crippen LogP contribution in [0.2, 0.25) is 0 Å². The van der Waals surface area contributed by atoms with E-state index in [0.717, 1.165) is 11.1 Å². The molecule has 17 heavy (non-hydrogen) atoms. The predicted molar refractivity (Wildman–Crippen MR) is 65.2 cm³/mol. The van der Waals surface area contributed by atoms with Crippen LogP contribution in [-0.2, 0) is 9.53 Å². The molecule has 0 aromatic heterocycles. The molecular formula is C13H16O4. The lowest BCUT2D eigenvalue weighted by molar-refractivity contribution is -0.134. The van der Waals surface area contributed by atoms with Crippen LogP contribution >= 0.6 is 0 Å². The van der Waals surface area contributed by atoms with Gasteiger partial charge in [0.15, 0.2) is 0 Å². The van der Waals surface area contributed by atoms with Crippen molar-refractivity contribution in [2.24, 2.45) is 0 Å². The molecule has 0 heterocycles. The van der Waals surface area contributed by atoms with E-state index in [1.165, 1.54) is 13.2 Å². The summed E-state index contributed by atoms with van der Waals surface area (Å²) < 4.78 is 15.0. The third-order valence-electron chi connectivity index (χ3n) is 2.37. The number of carbonyl (C=O) groups excluding carboxylic acids is 1. The SMILES string of the molecule is COC(=O)/C=C(\C)c1cc(OC)ccc1OC. The number of allylic oxidation sites excluding steroid dienone is 1.